The van der Waals surface area contributed by atoms with Gasteiger partial charge in [-0.3, -0.25) is 4.79 Å². The van der Waals surface area contributed by atoms with E-state index in [0.717, 1.165) is 9.87 Å². The third-order valence-electron chi connectivity index (χ3n) is 5.96. The maximum atomic E-state index is 13.6. The van der Waals surface area contributed by atoms with Gasteiger partial charge in [0.2, 0.25) is 15.9 Å². The van der Waals surface area contributed by atoms with Crippen LogP contribution in [0.2, 0.25) is 5.02 Å². The highest BCUT2D eigenvalue weighted by molar-refractivity contribution is 7.89. The SMILES string of the molecule is C=CCN(CC(=O)N1CCc2sccc2C1COc1cccc(OC)c1)S(=O)(=O)c1ccc(Cl)cc1. The van der Waals surface area contributed by atoms with E-state index in [2.05, 4.69) is 6.58 Å². The number of rotatable bonds is 10. The Labute approximate surface area is 220 Å². The van der Waals surface area contributed by atoms with Crippen molar-refractivity contribution in [3.8, 4) is 11.5 Å². The highest BCUT2D eigenvalue weighted by atomic mass is 35.5. The molecule has 1 aromatic heterocycles. The minimum Gasteiger partial charge on any atom is -0.497 e. The molecule has 36 heavy (non-hydrogen) atoms. The van der Waals surface area contributed by atoms with Crippen LogP contribution in [0.5, 0.6) is 11.5 Å². The van der Waals surface area contributed by atoms with Crippen LogP contribution in [0.1, 0.15) is 16.5 Å². The van der Waals surface area contributed by atoms with Gasteiger partial charge in [-0.25, -0.2) is 8.42 Å². The zero-order valence-corrected chi connectivity index (χ0v) is 22.2. The smallest absolute Gasteiger partial charge is 0.243 e. The number of fused-ring (bicyclic) bond motifs is 1. The van der Waals surface area contributed by atoms with Crippen LogP contribution in [0.25, 0.3) is 0 Å². The van der Waals surface area contributed by atoms with Crippen molar-refractivity contribution in [1.82, 2.24) is 9.21 Å². The van der Waals surface area contributed by atoms with Gasteiger partial charge in [-0.05, 0) is 59.8 Å². The number of methoxy groups -OCH3 is 1. The van der Waals surface area contributed by atoms with Crippen LogP contribution in [-0.2, 0) is 21.2 Å². The number of hydrogen-bond acceptors (Lipinski definition) is 6. The molecule has 0 spiro atoms. The summed E-state index contributed by atoms with van der Waals surface area (Å²) in [6.45, 7) is 4.07. The summed E-state index contributed by atoms with van der Waals surface area (Å²) in [6, 6.07) is 14.8. The molecule has 1 aliphatic heterocycles. The highest BCUT2D eigenvalue weighted by Gasteiger charge is 2.35. The molecule has 1 amide bonds. The zero-order chi connectivity index (χ0) is 25.7. The van der Waals surface area contributed by atoms with E-state index >= 15 is 0 Å². The van der Waals surface area contributed by atoms with E-state index in [1.54, 1.807) is 29.4 Å². The van der Waals surface area contributed by atoms with E-state index in [9.17, 15) is 13.2 Å². The van der Waals surface area contributed by atoms with Crippen molar-refractivity contribution in [2.75, 3.05) is 33.4 Å². The second kappa shape index (κ2) is 11.5. The molecule has 7 nitrogen and oxygen atoms in total. The molecule has 2 aromatic carbocycles. The molecule has 4 rings (SSSR count). The van der Waals surface area contributed by atoms with Crippen molar-refractivity contribution >= 4 is 38.9 Å². The largest absolute Gasteiger partial charge is 0.497 e. The lowest BCUT2D eigenvalue weighted by Gasteiger charge is -2.36. The van der Waals surface area contributed by atoms with Crippen LogP contribution >= 0.6 is 22.9 Å². The first kappa shape index (κ1) is 26.2. The molecule has 0 N–H and O–H groups in total. The molecule has 0 bridgehead atoms. The molecule has 10 heteroatoms. The van der Waals surface area contributed by atoms with Gasteiger partial charge in [-0.2, -0.15) is 4.31 Å². The summed E-state index contributed by atoms with van der Waals surface area (Å²) in [5, 5.41) is 2.44. The first-order valence-electron chi connectivity index (χ1n) is 11.3. The number of hydrogen-bond donors (Lipinski definition) is 0. The van der Waals surface area contributed by atoms with E-state index in [-0.39, 0.29) is 36.5 Å². The van der Waals surface area contributed by atoms with Gasteiger partial charge in [0.05, 0.1) is 24.6 Å². The standard InChI is InChI=1S/C26H27ClN2O5S2/c1-3-13-28(36(31,32)22-9-7-19(27)8-10-22)17-26(30)29-14-11-25-23(12-15-35-25)24(29)18-34-21-6-4-5-20(16-21)33-2/h3-10,12,15-16,24H,1,11,13-14,17-18H2,2H3. The average Bonchev–Trinajstić information content (AvgIpc) is 3.36. The lowest BCUT2D eigenvalue weighted by molar-refractivity contribution is -0.135. The Morgan fingerprint density at radius 1 is 1.22 bits per heavy atom. The quantitative estimate of drug-likeness (QED) is 0.342. The van der Waals surface area contributed by atoms with Crippen molar-refractivity contribution in [1.29, 1.82) is 0 Å². The highest BCUT2D eigenvalue weighted by Crippen LogP contribution is 2.34. The summed E-state index contributed by atoms with van der Waals surface area (Å²) in [7, 11) is -2.34. The Morgan fingerprint density at radius 3 is 2.69 bits per heavy atom. The minimum absolute atomic E-state index is 0.000776. The third kappa shape index (κ3) is 5.75. The predicted octanol–water partition coefficient (Wildman–Crippen LogP) is 4.79. The van der Waals surface area contributed by atoms with E-state index in [4.69, 9.17) is 21.1 Å². The molecule has 1 aliphatic rings. The number of nitrogens with zero attached hydrogens (tertiary/aromatic N) is 2. The number of benzene rings is 2. The molecule has 3 aromatic rings. The molecule has 2 heterocycles. The Balaban J connectivity index is 1.56. The molecule has 0 aliphatic carbocycles. The van der Waals surface area contributed by atoms with Gasteiger partial charge >= 0.3 is 0 Å². The predicted molar refractivity (Wildman–Crippen MR) is 141 cm³/mol. The molecule has 0 saturated heterocycles. The van der Waals surface area contributed by atoms with Gasteiger partial charge < -0.3 is 14.4 Å². The van der Waals surface area contributed by atoms with Gasteiger partial charge in [-0.1, -0.05) is 23.7 Å². The lowest BCUT2D eigenvalue weighted by atomic mass is 10.0. The van der Waals surface area contributed by atoms with Gasteiger partial charge in [0.25, 0.3) is 0 Å². The zero-order valence-electron chi connectivity index (χ0n) is 19.8. The molecule has 1 unspecified atom stereocenters. The average molecular weight is 547 g/mol. The lowest BCUT2D eigenvalue weighted by Crippen LogP contribution is -2.47. The van der Waals surface area contributed by atoms with Gasteiger partial charge in [0.15, 0.2) is 0 Å². The minimum atomic E-state index is -3.93. The van der Waals surface area contributed by atoms with Crippen molar-refractivity contribution in [3.05, 3.63) is 88.1 Å². The van der Waals surface area contributed by atoms with Gasteiger partial charge in [0.1, 0.15) is 18.1 Å². The first-order valence-corrected chi connectivity index (χ1v) is 14.0. The van der Waals surface area contributed by atoms with Crippen molar-refractivity contribution in [2.24, 2.45) is 0 Å². The second-order valence-corrected chi connectivity index (χ2v) is 11.6. The van der Waals surface area contributed by atoms with Crippen LogP contribution in [0, 0.1) is 0 Å². The fraction of sp³-hybridized carbons (Fsp3) is 0.269. The number of carbonyl (C=O) groups is 1. The number of carbonyl (C=O) groups excluding carboxylic acids is 1. The molecular weight excluding hydrogens is 520 g/mol. The number of halogens is 1. The van der Waals surface area contributed by atoms with Crippen LogP contribution in [0.15, 0.2) is 77.5 Å². The van der Waals surface area contributed by atoms with Crippen molar-refractivity contribution in [3.63, 3.8) is 0 Å². The molecule has 0 saturated carbocycles. The van der Waals surface area contributed by atoms with E-state index in [1.165, 1.54) is 35.2 Å². The molecule has 190 valence electrons. The van der Waals surface area contributed by atoms with Crippen molar-refractivity contribution in [2.45, 2.75) is 17.4 Å². The summed E-state index contributed by atoms with van der Waals surface area (Å²) in [5.41, 5.74) is 1.03. The maximum absolute atomic E-state index is 13.6. The number of ether oxygens (including phenoxy) is 2. The first-order chi connectivity index (χ1) is 17.3. The topological polar surface area (TPSA) is 76.2 Å². The Hall–Kier alpha value is -2.85. The van der Waals surface area contributed by atoms with Crippen LogP contribution in [-0.4, -0.2) is 56.9 Å². The van der Waals surface area contributed by atoms with E-state index < -0.39 is 10.0 Å². The van der Waals surface area contributed by atoms with Gasteiger partial charge in [-0.15, -0.1) is 17.9 Å². The van der Waals surface area contributed by atoms with Crippen LogP contribution < -0.4 is 9.47 Å². The Kier molecular flexibility index (Phi) is 8.35. The maximum Gasteiger partial charge on any atom is 0.243 e. The fourth-order valence-electron chi connectivity index (χ4n) is 4.13. The normalized spacial score (nSPS) is 15.4. The number of thiophene rings is 1. The Morgan fingerprint density at radius 2 is 1.97 bits per heavy atom. The summed E-state index contributed by atoms with van der Waals surface area (Å²) in [4.78, 5) is 16.5. The second-order valence-electron chi connectivity index (χ2n) is 8.18. The Bertz CT molecular complexity index is 1320. The summed E-state index contributed by atoms with van der Waals surface area (Å²) >= 11 is 7.58. The van der Waals surface area contributed by atoms with Gasteiger partial charge in [0, 0.05) is 29.1 Å². The third-order valence-corrected chi connectivity index (χ3v) is 9.03. The van der Waals surface area contributed by atoms with Crippen LogP contribution in [0.4, 0.5) is 0 Å². The fourth-order valence-corrected chi connectivity index (χ4v) is 6.54. The summed E-state index contributed by atoms with van der Waals surface area (Å²) in [6.07, 6.45) is 2.18. The summed E-state index contributed by atoms with van der Waals surface area (Å²) < 4.78 is 39.1. The molecule has 0 fully saturated rings. The number of sulfonamides is 1. The monoisotopic (exact) mass is 546 g/mol. The molecular formula is C26H27ClN2O5S2. The van der Waals surface area contributed by atoms with Crippen LogP contribution in [0.3, 0.4) is 0 Å². The van der Waals surface area contributed by atoms with E-state index in [1.807, 2.05) is 29.6 Å². The molecule has 0 radical (unpaired) electrons. The summed E-state index contributed by atoms with van der Waals surface area (Å²) in [5.74, 6) is 1.00. The number of amides is 1. The van der Waals surface area contributed by atoms with Crippen molar-refractivity contribution < 1.29 is 22.7 Å². The van der Waals surface area contributed by atoms with E-state index in [0.29, 0.717) is 29.5 Å². The molecule has 1 atom stereocenters.